The second-order valence-electron chi connectivity index (χ2n) is 8.07. The van der Waals surface area contributed by atoms with E-state index in [-0.39, 0.29) is 0 Å². The Morgan fingerprint density at radius 1 is 1.11 bits per heavy atom. The van der Waals surface area contributed by atoms with Gasteiger partial charge < -0.3 is 5.32 Å². The van der Waals surface area contributed by atoms with Crippen LogP contribution in [0.2, 0.25) is 0 Å². The summed E-state index contributed by atoms with van der Waals surface area (Å²) >= 11 is 0. The molecule has 2 atom stereocenters. The number of hydrogen-bond acceptors (Lipinski definition) is 2. The zero-order valence-electron chi connectivity index (χ0n) is 13.4. The zero-order chi connectivity index (χ0) is 13.8. The molecule has 1 aliphatic carbocycles. The van der Waals surface area contributed by atoms with Crippen LogP contribution in [0.25, 0.3) is 0 Å². The van der Waals surface area contributed by atoms with E-state index < -0.39 is 0 Å². The molecule has 2 nitrogen and oxygen atoms in total. The standard InChI is InChI=1S/C16H32N2/c1-8-16(7)11-18(12(2)9-17-16)10-13-14(3,4)15(13,5)6/h12-13,17H,8-11H2,1-7H3. The molecule has 2 rings (SSSR count). The van der Waals surface area contributed by atoms with Gasteiger partial charge in [-0.3, -0.25) is 4.90 Å². The van der Waals surface area contributed by atoms with Gasteiger partial charge in [-0.05, 0) is 37.0 Å². The summed E-state index contributed by atoms with van der Waals surface area (Å²) in [4.78, 5) is 2.72. The number of piperazine rings is 1. The van der Waals surface area contributed by atoms with E-state index in [2.05, 4.69) is 58.7 Å². The lowest BCUT2D eigenvalue weighted by molar-refractivity contribution is 0.0835. The first-order valence-corrected chi connectivity index (χ1v) is 7.63. The first kappa shape index (κ1) is 14.3. The predicted molar refractivity (Wildman–Crippen MR) is 78.8 cm³/mol. The van der Waals surface area contributed by atoms with Gasteiger partial charge >= 0.3 is 0 Å². The molecule has 0 spiro atoms. The second kappa shape index (κ2) is 4.21. The predicted octanol–water partition coefficient (Wildman–Crippen LogP) is 3.13. The second-order valence-corrected chi connectivity index (χ2v) is 8.07. The van der Waals surface area contributed by atoms with Crippen LogP contribution in [0.15, 0.2) is 0 Å². The first-order chi connectivity index (χ1) is 8.14. The van der Waals surface area contributed by atoms with Crippen molar-refractivity contribution in [1.82, 2.24) is 10.2 Å². The molecular weight excluding hydrogens is 220 g/mol. The van der Waals surface area contributed by atoms with Crippen LogP contribution in [-0.4, -0.2) is 36.1 Å². The Balaban J connectivity index is 2.01. The summed E-state index contributed by atoms with van der Waals surface area (Å²) in [7, 11) is 0. The summed E-state index contributed by atoms with van der Waals surface area (Å²) in [6.07, 6.45) is 1.22. The third kappa shape index (κ3) is 2.12. The highest BCUT2D eigenvalue weighted by molar-refractivity contribution is 5.13. The fourth-order valence-electron chi connectivity index (χ4n) is 3.69. The largest absolute Gasteiger partial charge is 0.309 e. The minimum Gasteiger partial charge on any atom is -0.309 e. The average molecular weight is 252 g/mol. The minimum absolute atomic E-state index is 0.315. The monoisotopic (exact) mass is 252 g/mol. The van der Waals surface area contributed by atoms with Crippen molar-refractivity contribution in [3.05, 3.63) is 0 Å². The Labute approximate surface area is 114 Å². The third-order valence-electron chi connectivity index (χ3n) is 6.52. The van der Waals surface area contributed by atoms with Crippen molar-refractivity contribution >= 4 is 0 Å². The maximum atomic E-state index is 3.72. The van der Waals surface area contributed by atoms with Crippen molar-refractivity contribution in [2.45, 2.75) is 66.5 Å². The van der Waals surface area contributed by atoms with Gasteiger partial charge in [0, 0.05) is 31.2 Å². The van der Waals surface area contributed by atoms with Crippen molar-refractivity contribution in [1.29, 1.82) is 0 Å². The van der Waals surface area contributed by atoms with Gasteiger partial charge in [-0.25, -0.2) is 0 Å². The summed E-state index contributed by atoms with van der Waals surface area (Å²) in [6, 6.07) is 0.678. The number of rotatable bonds is 3. The minimum atomic E-state index is 0.315. The molecule has 18 heavy (non-hydrogen) atoms. The highest BCUT2D eigenvalue weighted by Gasteiger charge is 2.64. The molecule has 1 N–H and O–H groups in total. The van der Waals surface area contributed by atoms with Crippen LogP contribution in [0, 0.1) is 16.7 Å². The van der Waals surface area contributed by atoms with Gasteiger partial charge in [-0.1, -0.05) is 34.6 Å². The Hall–Kier alpha value is -0.0800. The molecule has 0 bridgehead atoms. The van der Waals surface area contributed by atoms with Gasteiger partial charge in [0.15, 0.2) is 0 Å². The maximum absolute atomic E-state index is 3.72. The van der Waals surface area contributed by atoms with Crippen LogP contribution in [0.1, 0.15) is 54.9 Å². The summed E-state index contributed by atoms with van der Waals surface area (Å²) in [5, 5.41) is 3.72. The molecule has 1 heterocycles. The van der Waals surface area contributed by atoms with Crippen LogP contribution in [0.4, 0.5) is 0 Å². The van der Waals surface area contributed by atoms with Crippen LogP contribution < -0.4 is 5.32 Å². The number of hydrogen-bond donors (Lipinski definition) is 1. The summed E-state index contributed by atoms with van der Waals surface area (Å²) in [5.41, 5.74) is 1.34. The van der Waals surface area contributed by atoms with Gasteiger partial charge in [0.2, 0.25) is 0 Å². The molecule has 0 aromatic heterocycles. The maximum Gasteiger partial charge on any atom is 0.0278 e. The molecule has 1 saturated heterocycles. The lowest BCUT2D eigenvalue weighted by atomic mass is 9.93. The summed E-state index contributed by atoms with van der Waals surface area (Å²) in [5.74, 6) is 0.853. The van der Waals surface area contributed by atoms with E-state index in [1.54, 1.807) is 0 Å². The van der Waals surface area contributed by atoms with Crippen LogP contribution >= 0.6 is 0 Å². The van der Waals surface area contributed by atoms with Crippen molar-refractivity contribution in [3.63, 3.8) is 0 Å². The van der Waals surface area contributed by atoms with Crippen LogP contribution in [0.3, 0.4) is 0 Å². The van der Waals surface area contributed by atoms with Gasteiger partial charge in [0.1, 0.15) is 0 Å². The molecule has 2 fully saturated rings. The fourth-order valence-corrected chi connectivity index (χ4v) is 3.69. The van der Waals surface area contributed by atoms with Gasteiger partial charge in [0.25, 0.3) is 0 Å². The topological polar surface area (TPSA) is 15.3 Å². The quantitative estimate of drug-likeness (QED) is 0.830. The van der Waals surface area contributed by atoms with Gasteiger partial charge in [-0.15, -0.1) is 0 Å². The molecule has 0 amide bonds. The highest BCUT2D eigenvalue weighted by atomic mass is 15.3. The normalized spacial score (nSPS) is 39.8. The van der Waals surface area contributed by atoms with Crippen molar-refractivity contribution in [3.8, 4) is 0 Å². The van der Waals surface area contributed by atoms with E-state index in [1.165, 1.54) is 19.5 Å². The molecule has 1 saturated carbocycles. The van der Waals surface area contributed by atoms with Crippen molar-refractivity contribution in [2.24, 2.45) is 16.7 Å². The number of nitrogens with one attached hydrogen (secondary N) is 1. The van der Waals surface area contributed by atoms with E-state index in [0.29, 0.717) is 22.4 Å². The average Bonchev–Trinajstić information content (AvgIpc) is 2.66. The molecular formula is C16H32N2. The third-order valence-corrected chi connectivity index (χ3v) is 6.52. The van der Waals surface area contributed by atoms with Crippen molar-refractivity contribution in [2.75, 3.05) is 19.6 Å². The molecule has 2 aliphatic rings. The van der Waals surface area contributed by atoms with Crippen LogP contribution in [0.5, 0.6) is 0 Å². The van der Waals surface area contributed by atoms with Gasteiger partial charge in [0.05, 0.1) is 0 Å². The van der Waals surface area contributed by atoms with Crippen molar-refractivity contribution < 1.29 is 0 Å². The highest BCUT2D eigenvalue weighted by Crippen LogP contribution is 2.68. The van der Waals surface area contributed by atoms with E-state index >= 15 is 0 Å². The molecule has 0 aromatic rings. The molecule has 0 aromatic carbocycles. The van der Waals surface area contributed by atoms with E-state index in [4.69, 9.17) is 0 Å². The molecule has 106 valence electrons. The van der Waals surface area contributed by atoms with E-state index in [1.807, 2.05) is 0 Å². The Morgan fingerprint density at radius 2 is 1.67 bits per heavy atom. The Morgan fingerprint density at radius 3 is 2.11 bits per heavy atom. The SMILES string of the molecule is CCC1(C)CN(CC2C(C)(C)C2(C)C)C(C)CN1. The Bertz CT molecular complexity index is 307. The molecule has 0 radical (unpaired) electrons. The smallest absolute Gasteiger partial charge is 0.0278 e. The summed E-state index contributed by atoms with van der Waals surface area (Å²) < 4.78 is 0. The van der Waals surface area contributed by atoms with E-state index in [0.717, 1.165) is 12.5 Å². The summed E-state index contributed by atoms with van der Waals surface area (Å²) in [6.45, 7) is 20.4. The molecule has 1 aliphatic heterocycles. The van der Waals surface area contributed by atoms with Crippen LogP contribution in [-0.2, 0) is 0 Å². The lowest BCUT2D eigenvalue weighted by Gasteiger charge is -2.45. The van der Waals surface area contributed by atoms with E-state index in [9.17, 15) is 0 Å². The van der Waals surface area contributed by atoms with Gasteiger partial charge in [-0.2, -0.15) is 0 Å². The Kier molecular flexibility index (Phi) is 3.35. The zero-order valence-corrected chi connectivity index (χ0v) is 13.4. The lowest BCUT2D eigenvalue weighted by Crippen LogP contribution is -2.62. The molecule has 2 heteroatoms. The fraction of sp³-hybridized carbons (Fsp3) is 1.00. The first-order valence-electron chi connectivity index (χ1n) is 7.63. The number of nitrogens with zero attached hydrogens (tertiary/aromatic N) is 1. The molecule has 2 unspecified atom stereocenters.